The largest absolute Gasteiger partial charge is 0.493 e. The zero-order chi connectivity index (χ0) is 29.1. The Morgan fingerprint density at radius 1 is 0.881 bits per heavy atom. The van der Waals surface area contributed by atoms with E-state index in [1.54, 1.807) is 42.5 Å². The van der Waals surface area contributed by atoms with E-state index in [2.05, 4.69) is 5.10 Å². The second-order valence-electron chi connectivity index (χ2n) is 9.41. The number of hydrogen-bond acceptors (Lipinski definition) is 7. The highest BCUT2D eigenvalue weighted by Crippen LogP contribution is 2.31. The molecule has 0 spiro atoms. The third-order valence-electron chi connectivity index (χ3n) is 6.70. The van der Waals surface area contributed by atoms with Crippen molar-refractivity contribution in [2.24, 2.45) is 5.10 Å². The van der Waals surface area contributed by atoms with Crippen LogP contribution in [0.25, 0.3) is 33.5 Å². The van der Waals surface area contributed by atoms with Crippen molar-refractivity contribution in [1.29, 1.82) is 0 Å². The molecule has 0 fully saturated rings. The summed E-state index contributed by atoms with van der Waals surface area (Å²) in [5.74, 6) is 1.30. The van der Waals surface area contributed by atoms with Crippen molar-refractivity contribution in [2.45, 2.75) is 13.8 Å². The molecule has 6 aromatic rings. The van der Waals surface area contributed by atoms with E-state index < -0.39 is 0 Å². The molecule has 4 aromatic carbocycles. The molecule has 0 bridgehead atoms. The Balaban J connectivity index is 1.53. The predicted octanol–water partition coefficient (Wildman–Crippen LogP) is 6.72. The number of nitrogens with zero attached hydrogens (tertiary/aromatic N) is 3. The fourth-order valence-corrected chi connectivity index (χ4v) is 4.76. The number of para-hydroxylation sites is 2. The summed E-state index contributed by atoms with van der Waals surface area (Å²) >= 11 is 0. The normalized spacial score (nSPS) is 11.4. The van der Waals surface area contributed by atoms with Gasteiger partial charge in [-0.05, 0) is 44.2 Å². The Morgan fingerprint density at radius 2 is 1.60 bits per heavy atom. The van der Waals surface area contributed by atoms with Crippen LogP contribution in [0.4, 0.5) is 0 Å². The SMILES string of the molecule is CCOc1cc(OCC)c(C(=O)c2ccccc2)cc1C=Nn1c(-c2cc3ccccc3o2)nc2ccccc2c1=O. The summed E-state index contributed by atoms with van der Waals surface area (Å²) in [7, 11) is 0. The molecule has 42 heavy (non-hydrogen) atoms. The summed E-state index contributed by atoms with van der Waals surface area (Å²) in [5, 5.41) is 5.87. The molecule has 0 radical (unpaired) electrons. The molecule has 0 saturated carbocycles. The minimum absolute atomic E-state index is 0.204. The second kappa shape index (κ2) is 11.5. The molecular weight excluding hydrogens is 530 g/mol. The molecule has 0 aliphatic heterocycles. The van der Waals surface area contributed by atoms with Crippen molar-refractivity contribution in [3.8, 4) is 23.1 Å². The Morgan fingerprint density at radius 3 is 2.38 bits per heavy atom. The first-order valence-corrected chi connectivity index (χ1v) is 13.7. The third kappa shape index (κ3) is 5.06. The van der Waals surface area contributed by atoms with Crippen molar-refractivity contribution >= 4 is 33.9 Å². The lowest BCUT2D eigenvalue weighted by molar-refractivity contribution is 0.103. The first-order valence-electron chi connectivity index (χ1n) is 13.7. The van der Waals surface area contributed by atoms with E-state index in [0.717, 1.165) is 5.39 Å². The molecular formula is C34H27N3O5. The summed E-state index contributed by atoms with van der Waals surface area (Å²) in [5.41, 5.74) is 2.20. The van der Waals surface area contributed by atoms with Gasteiger partial charge >= 0.3 is 0 Å². The summed E-state index contributed by atoms with van der Waals surface area (Å²) in [6.07, 6.45) is 1.49. The number of benzene rings is 4. The van der Waals surface area contributed by atoms with Gasteiger partial charge in [-0.15, -0.1) is 0 Å². The molecule has 208 valence electrons. The van der Waals surface area contributed by atoms with Crippen LogP contribution in [0, 0.1) is 0 Å². The van der Waals surface area contributed by atoms with Crippen molar-refractivity contribution in [3.63, 3.8) is 0 Å². The maximum Gasteiger partial charge on any atom is 0.282 e. The highest BCUT2D eigenvalue weighted by molar-refractivity contribution is 6.11. The first-order chi connectivity index (χ1) is 20.6. The summed E-state index contributed by atoms with van der Waals surface area (Å²) < 4.78 is 19.0. The average Bonchev–Trinajstić information content (AvgIpc) is 3.46. The minimum atomic E-state index is -0.364. The lowest BCUT2D eigenvalue weighted by Gasteiger charge is -2.15. The van der Waals surface area contributed by atoms with Gasteiger partial charge in [0.1, 0.15) is 17.1 Å². The van der Waals surface area contributed by atoms with Crippen molar-refractivity contribution in [2.75, 3.05) is 13.2 Å². The van der Waals surface area contributed by atoms with E-state index in [1.165, 1.54) is 10.9 Å². The number of carbonyl (C=O) groups is 1. The molecule has 0 saturated heterocycles. The second-order valence-corrected chi connectivity index (χ2v) is 9.41. The van der Waals surface area contributed by atoms with Crippen molar-refractivity contribution in [3.05, 3.63) is 124 Å². The number of ether oxygens (including phenoxy) is 2. The van der Waals surface area contributed by atoms with E-state index in [1.807, 2.05) is 68.4 Å². The van der Waals surface area contributed by atoms with Gasteiger partial charge in [0.05, 0.1) is 35.9 Å². The molecule has 0 amide bonds. The van der Waals surface area contributed by atoms with Crippen LogP contribution in [-0.2, 0) is 0 Å². The van der Waals surface area contributed by atoms with Crippen LogP contribution in [0.3, 0.4) is 0 Å². The van der Waals surface area contributed by atoms with Crippen LogP contribution in [0.15, 0.2) is 111 Å². The summed E-state index contributed by atoms with van der Waals surface area (Å²) in [4.78, 5) is 32.0. The van der Waals surface area contributed by atoms with E-state index in [4.69, 9.17) is 18.9 Å². The molecule has 8 nitrogen and oxygen atoms in total. The Labute approximate surface area is 241 Å². The van der Waals surface area contributed by atoms with E-state index >= 15 is 0 Å². The fourth-order valence-electron chi connectivity index (χ4n) is 4.76. The first kappa shape index (κ1) is 26.7. The highest BCUT2D eigenvalue weighted by Gasteiger charge is 2.20. The van der Waals surface area contributed by atoms with Gasteiger partial charge in [0.2, 0.25) is 5.82 Å². The van der Waals surface area contributed by atoms with Crippen LogP contribution >= 0.6 is 0 Å². The van der Waals surface area contributed by atoms with Gasteiger partial charge in [-0.3, -0.25) is 9.59 Å². The summed E-state index contributed by atoms with van der Waals surface area (Å²) in [6.45, 7) is 4.46. The molecule has 2 aromatic heterocycles. The number of aromatic nitrogens is 2. The van der Waals surface area contributed by atoms with E-state index in [-0.39, 0.29) is 17.2 Å². The topological polar surface area (TPSA) is 95.9 Å². The molecule has 0 unspecified atom stereocenters. The van der Waals surface area contributed by atoms with Gasteiger partial charge in [0.25, 0.3) is 5.56 Å². The van der Waals surface area contributed by atoms with Gasteiger partial charge < -0.3 is 13.9 Å². The monoisotopic (exact) mass is 557 g/mol. The predicted molar refractivity (Wildman–Crippen MR) is 163 cm³/mol. The van der Waals surface area contributed by atoms with Crippen molar-refractivity contribution < 1.29 is 18.7 Å². The Hall–Kier alpha value is -5.50. The number of fused-ring (bicyclic) bond motifs is 2. The lowest BCUT2D eigenvalue weighted by atomic mass is 10.00. The smallest absolute Gasteiger partial charge is 0.282 e. The molecule has 0 aliphatic rings. The van der Waals surface area contributed by atoms with Gasteiger partial charge in [-0.1, -0.05) is 60.7 Å². The molecule has 8 heteroatoms. The maximum atomic E-state index is 13.7. The zero-order valence-corrected chi connectivity index (χ0v) is 23.1. The zero-order valence-electron chi connectivity index (χ0n) is 23.1. The van der Waals surface area contributed by atoms with Crippen molar-refractivity contribution in [1.82, 2.24) is 9.66 Å². The number of ketones is 1. The Bertz CT molecular complexity index is 1970. The number of hydrogen-bond donors (Lipinski definition) is 0. The van der Waals surface area contributed by atoms with E-state index in [9.17, 15) is 9.59 Å². The minimum Gasteiger partial charge on any atom is -0.493 e. The van der Waals surface area contributed by atoms with Gasteiger partial charge in [0.15, 0.2) is 11.5 Å². The van der Waals surface area contributed by atoms with Gasteiger partial charge in [-0.2, -0.15) is 9.78 Å². The fraction of sp³-hybridized carbons (Fsp3) is 0.118. The van der Waals surface area contributed by atoms with Crippen LogP contribution < -0.4 is 15.0 Å². The number of furan rings is 1. The lowest BCUT2D eigenvalue weighted by Crippen LogP contribution is -2.20. The van der Waals surface area contributed by atoms with Crippen LogP contribution in [-0.4, -0.2) is 34.9 Å². The van der Waals surface area contributed by atoms with Gasteiger partial charge in [-0.25, -0.2) is 4.98 Å². The third-order valence-corrected chi connectivity index (χ3v) is 6.70. The Kier molecular flexibility index (Phi) is 7.34. The van der Waals surface area contributed by atoms with Crippen LogP contribution in [0.5, 0.6) is 11.5 Å². The summed E-state index contributed by atoms with van der Waals surface area (Å²) in [6, 6.07) is 28.8. The maximum absolute atomic E-state index is 13.7. The van der Waals surface area contributed by atoms with E-state index in [0.29, 0.717) is 63.6 Å². The number of rotatable bonds is 9. The molecule has 6 rings (SSSR count). The molecule has 2 heterocycles. The van der Waals surface area contributed by atoms with Gasteiger partial charge in [0, 0.05) is 22.6 Å². The quantitative estimate of drug-likeness (QED) is 0.145. The average molecular weight is 558 g/mol. The van der Waals surface area contributed by atoms with Crippen LogP contribution in [0.2, 0.25) is 0 Å². The molecule has 0 N–H and O–H groups in total. The number of carbonyl (C=O) groups excluding carboxylic acids is 1. The molecule has 0 aliphatic carbocycles. The standard InChI is InChI=1S/C34H27N3O5/c1-3-40-29-20-30(41-4-2)26(32(38)22-12-6-5-7-13-22)18-24(29)21-35-37-33(31-19-23-14-8-11-17-28(23)42-31)36-27-16-10-9-15-25(27)34(37)39/h5-21H,3-4H2,1-2H3. The van der Waals surface area contributed by atoms with Crippen LogP contribution in [0.1, 0.15) is 35.3 Å². The highest BCUT2D eigenvalue weighted by atomic mass is 16.5. The molecule has 0 atom stereocenters.